The minimum atomic E-state index is -0.383. The third-order valence-electron chi connectivity index (χ3n) is 4.97. The quantitative estimate of drug-likeness (QED) is 0.795. The fraction of sp³-hybridized carbons (Fsp3) is 0.304. The van der Waals surface area contributed by atoms with Crippen molar-refractivity contribution in [1.29, 1.82) is 0 Å². The Bertz CT molecular complexity index is 800. The minimum Gasteiger partial charge on any atom is -0.350 e. The maximum absolute atomic E-state index is 12.8. The van der Waals surface area contributed by atoms with Gasteiger partial charge < -0.3 is 10.2 Å². The van der Waals surface area contributed by atoms with Crippen molar-refractivity contribution in [2.75, 3.05) is 6.54 Å². The number of carbonyl (C=O) groups is 2. The van der Waals surface area contributed by atoms with Crippen LogP contribution in [0.1, 0.15) is 37.3 Å². The molecule has 0 aliphatic carbocycles. The van der Waals surface area contributed by atoms with Gasteiger partial charge in [-0.05, 0) is 36.0 Å². The molecule has 0 aromatic heterocycles. The summed E-state index contributed by atoms with van der Waals surface area (Å²) in [6, 6.07) is 19.4. The summed E-state index contributed by atoms with van der Waals surface area (Å²) in [6.07, 6.45) is 4.04. The number of nitrogens with one attached hydrogen (secondary N) is 1. The molecule has 27 heavy (non-hydrogen) atoms. The van der Waals surface area contributed by atoms with Crippen molar-refractivity contribution in [3.63, 3.8) is 0 Å². The van der Waals surface area contributed by atoms with E-state index in [1.165, 1.54) is 0 Å². The Morgan fingerprint density at radius 1 is 1.07 bits per heavy atom. The monoisotopic (exact) mass is 362 g/mol. The summed E-state index contributed by atoms with van der Waals surface area (Å²) in [7, 11) is 0. The Balaban J connectivity index is 1.66. The molecule has 0 spiro atoms. The first-order valence-electron chi connectivity index (χ1n) is 9.57. The standard InChI is InChI=1S/C23H26N2O2/c1-2-19(20-12-7-4-8-13-20)16-22(26)25-15-9-14-21(25)23(27)24-17-18-10-5-3-6-11-18/h3-8,10-13,16,21H,2,9,14-15,17H2,1H3,(H,24,27)/b19-16+/t21-/m0/s1. The van der Waals surface area contributed by atoms with Gasteiger partial charge in [0.25, 0.3) is 0 Å². The molecule has 2 aromatic rings. The highest BCUT2D eigenvalue weighted by atomic mass is 16.2. The van der Waals surface area contributed by atoms with Crippen LogP contribution in [-0.2, 0) is 16.1 Å². The van der Waals surface area contributed by atoms with Crippen LogP contribution < -0.4 is 5.32 Å². The molecule has 0 bridgehead atoms. The van der Waals surface area contributed by atoms with Gasteiger partial charge in [-0.3, -0.25) is 9.59 Å². The molecule has 4 nitrogen and oxygen atoms in total. The lowest BCUT2D eigenvalue weighted by molar-refractivity contribution is -0.135. The Labute approximate surface area is 160 Å². The van der Waals surface area contributed by atoms with Crippen LogP contribution in [0.5, 0.6) is 0 Å². The highest BCUT2D eigenvalue weighted by Gasteiger charge is 2.33. The van der Waals surface area contributed by atoms with Gasteiger partial charge in [-0.15, -0.1) is 0 Å². The molecule has 1 aliphatic heterocycles. The third-order valence-corrected chi connectivity index (χ3v) is 4.97. The number of rotatable bonds is 6. The number of amides is 2. The second-order valence-corrected chi connectivity index (χ2v) is 6.78. The molecule has 2 amide bonds. The second kappa shape index (κ2) is 9.17. The van der Waals surface area contributed by atoms with E-state index in [0.717, 1.165) is 29.5 Å². The van der Waals surface area contributed by atoms with Gasteiger partial charge in [0, 0.05) is 19.2 Å². The number of likely N-dealkylation sites (tertiary alicyclic amines) is 1. The van der Waals surface area contributed by atoms with Gasteiger partial charge in [0.1, 0.15) is 6.04 Å². The summed E-state index contributed by atoms with van der Waals surface area (Å²) in [5.74, 6) is -0.149. The SMILES string of the molecule is CC/C(=C\C(=O)N1CCC[C@H]1C(=O)NCc1ccccc1)c1ccccc1. The largest absolute Gasteiger partial charge is 0.350 e. The summed E-state index contributed by atoms with van der Waals surface area (Å²) in [5, 5.41) is 2.97. The molecule has 0 unspecified atom stereocenters. The van der Waals surface area contributed by atoms with Crippen LogP contribution in [0.2, 0.25) is 0 Å². The smallest absolute Gasteiger partial charge is 0.247 e. The maximum Gasteiger partial charge on any atom is 0.247 e. The van der Waals surface area contributed by atoms with Crippen molar-refractivity contribution in [3.8, 4) is 0 Å². The summed E-state index contributed by atoms with van der Waals surface area (Å²) in [6.45, 7) is 3.16. The highest BCUT2D eigenvalue weighted by Crippen LogP contribution is 2.22. The Morgan fingerprint density at radius 2 is 1.74 bits per heavy atom. The molecule has 1 aliphatic rings. The average Bonchev–Trinajstić information content (AvgIpc) is 3.21. The number of nitrogens with zero attached hydrogens (tertiary/aromatic N) is 1. The van der Waals surface area contributed by atoms with E-state index < -0.39 is 0 Å². The van der Waals surface area contributed by atoms with Crippen LogP contribution in [0.25, 0.3) is 5.57 Å². The van der Waals surface area contributed by atoms with Crippen molar-refractivity contribution in [1.82, 2.24) is 10.2 Å². The molecular formula is C23H26N2O2. The van der Waals surface area contributed by atoms with Crippen LogP contribution in [0.15, 0.2) is 66.7 Å². The third kappa shape index (κ3) is 4.85. The van der Waals surface area contributed by atoms with E-state index in [4.69, 9.17) is 0 Å². The minimum absolute atomic E-state index is 0.0733. The lowest BCUT2D eigenvalue weighted by Gasteiger charge is -2.23. The Hall–Kier alpha value is -2.88. The molecule has 1 saturated heterocycles. The normalized spacial score (nSPS) is 17.0. The number of allylic oxidation sites excluding steroid dienone is 1. The number of benzene rings is 2. The van der Waals surface area contributed by atoms with Gasteiger partial charge in [0.2, 0.25) is 11.8 Å². The van der Waals surface area contributed by atoms with E-state index in [2.05, 4.69) is 5.32 Å². The van der Waals surface area contributed by atoms with Crippen LogP contribution in [0.3, 0.4) is 0 Å². The topological polar surface area (TPSA) is 49.4 Å². The van der Waals surface area contributed by atoms with Crippen molar-refractivity contribution in [2.45, 2.75) is 38.8 Å². The average molecular weight is 362 g/mol. The van der Waals surface area contributed by atoms with Crippen LogP contribution in [0.4, 0.5) is 0 Å². The molecule has 2 aromatic carbocycles. The second-order valence-electron chi connectivity index (χ2n) is 6.78. The van der Waals surface area contributed by atoms with E-state index in [-0.39, 0.29) is 17.9 Å². The van der Waals surface area contributed by atoms with Gasteiger partial charge in [-0.1, -0.05) is 67.6 Å². The molecule has 1 fully saturated rings. The molecule has 0 saturated carbocycles. The number of carbonyl (C=O) groups excluding carboxylic acids is 2. The molecule has 140 valence electrons. The zero-order valence-corrected chi connectivity index (χ0v) is 15.7. The van der Waals surface area contributed by atoms with Gasteiger partial charge >= 0.3 is 0 Å². The summed E-state index contributed by atoms with van der Waals surface area (Å²) in [5.41, 5.74) is 3.10. The van der Waals surface area contributed by atoms with Gasteiger partial charge in [0.05, 0.1) is 0 Å². The first kappa shape index (κ1) is 18.9. The first-order valence-corrected chi connectivity index (χ1v) is 9.57. The molecule has 4 heteroatoms. The van der Waals surface area contributed by atoms with Crippen molar-refractivity contribution < 1.29 is 9.59 Å². The molecule has 0 radical (unpaired) electrons. The van der Waals surface area contributed by atoms with Crippen molar-refractivity contribution >= 4 is 17.4 Å². The van der Waals surface area contributed by atoms with Crippen LogP contribution in [0, 0.1) is 0 Å². The van der Waals surface area contributed by atoms with E-state index in [0.29, 0.717) is 19.5 Å². The lowest BCUT2D eigenvalue weighted by atomic mass is 10.0. The van der Waals surface area contributed by atoms with Crippen molar-refractivity contribution in [3.05, 3.63) is 77.9 Å². The summed E-state index contributed by atoms with van der Waals surface area (Å²) in [4.78, 5) is 27.2. The predicted molar refractivity (Wildman–Crippen MR) is 108 cm³/mol. The Morgan fingerprint density at radius 3 is 2.41 bits per heavy atom. The molecule has 1 N–H and O–H groups in total. The molecule has 3 rings (SSSR count). The van der Waals surface area contributed by atoms with E-state index in [9.17, 15) is 9.59 Å². The maximum atomic E-state index is 12.8. The molecular weight excluding hydrogens is 336 g/mol. The van der Waals surface area contributed by atoms with Crippen LogP contribution in [-0.4, -0.2) is 29.3 Å². The Kier molecular flexibility index (Phi) is 6.42. The first-order chi connectivity index (χ1) is 13.2. The fourth-order valence-corrected chi connectivity index (χ4v) is 3.48. The van der Waals surface area contributed by atoms with Gasteiger partial charge in [0.15, 0.2) is 0 Å². The molecule has 1 atom stereocenters. The fourth-order valence-electron chi connectivity index (χ4n) is 3.48. The van der Waals surface area contributed by atoms with Crippen molar-refractivity contribution in [2.24, 2.45) is 0 Å². The highest BCUT2D eigenvalue weighted by molar-refractivity contribution is 5.98. The van der Waals surface area contributed by atoms with E-state index in [1.807, 2.05) is 67.6 Å². The van der Waals surface area contributed by atoms with Gasteiger partial charge in [-0.25, -0.2) is 0 Å². The molecule has 1 heterocycles. The summed E-state index contributed by atoms with van der Waals surface area (Å²) < 4.78 is 0. The lowest BCUT2D eigenvalue weighted by Crippen LogP contribution is -2.45. The van der Waals surface area contributed by atoms with Crippen LogP contribution >= 0.6 is 0 Å². The zero-order chi connectivity index (χ0) is 19.1. The van der Waals surface area contributed by atoms with Gasteiger partial charge in [-0.2, -0.15) is 0 Å². The predicted octanol–water partition coefficient (Wildman–Crippen LogP) is 3.79. The number of hydrogen-bond donors (Lipinski definition) is 1. The zero-order valence-electron chi connectivity index (χ0n) is 15.7. The van der Waals surface area contributed by atoms with E-state index in [1.54, 1.807) is 11.0 Å². The van der Waals surface area contributed by atoms with E-state index >= 15 is 0 Å². The summed E-state index contributed by atoms with van der Waals surface area (Å²) >= 11 is 0. The number of hydrogen-bond acceptors (Lipinski definition) is 2.